The summed E-state index contributed by atoms with van der Waals surface area (Å²) in [7, 11) is 5.80. The Bertz CT molecular complexity index is 1350. The molecule has 0 amide bonds. The zero-order valence-corrected chi connectivity index (χ0v) is 23.6. The zero-order chi connectivity index (χ0) is 28.4. The van der Waals surface area contributed by atoms with Crippen molar-refractivity contribution in [2.24, 2.45) is 0 Å². The molecule has 3 heterocycles. The first-order chi connectivity index (χ1) is 19.1. The molecule has 214 valence electrons. The number of hydrogen-bond acceptors (Lipinski definition) is 9. The second kappa shape index (κ2) is 11.4. The highest BCUT2D eigenvalue weighted by atomic mass is 19.3. The number of nitrogen functional groups attached to an aromatic ring is 1. The Morgan fingerprint density at radius 3 is 2.58 bits per heavy atom. The van der Waals surface area contributed by atoms with Crippen LogP contribution in [0, 0.1) is 6.92 Å². The monoisotopic (exact) mass is 552 g/mol. The molecule has 0 atom stereocenters. The number of nitrogens with one attached hydrogen (secondary N) is 1. The van der Waals surface area contributed by atoms with Gasteiger partial charge < -0.3 is 30.5 Å². The number of nitrogens with two attached hydrogens (primary N) is 1. The summed E-state index contributed by atoms with van der Waals surface area (Å²) in [4.78, 5) is 20.3. The predicted octanol–water partition coefficient (Wildman–Crippen LogP) is 5.46. The van der Waals surface area contributed by atoms with E-state index in [-0.39, 0.29) is 22.8 Å². The number of halogens is 2. The molecular formula is C29H38F2N8O. The van der Waals surface area contributed by atoms with Gasteiger partial charge in [-0.1, -0.05) is 19.3 Å². The number of fused-ring (bicyclic) bond motifs is 2. The Kier molecular flexibility index (Phi) is 7.93. The number of aryl methyl sites for hydroxylation is 1. The van der Waals surface area contributed by atoms with Crippen molar-refractivity contribution in [1.82, 2.24) is 19.9 Å². The average Bonchev–Trinajstić information content (AvgIpc) is 3.21. The Hall–Kier alpha value is -3.73. The van der Waals surface area contributed by atoms with Crippen LogP contribution in [0.25, 0.3) is 0 Å². The number of anilines is 6. The molecule has 0 unspecified atom stereocenters. The molecule has 0 bridgehead atoms. The number of nitrogens with zero attached hydrogens (tertiary/aromatic N) is 6. The van der Waals surface area contributed by atoms with Crippen molar-refractivity contribution in [3.8, 4) is 5.75 Å². The molecule has 0 saturated heterocycles. The fraction of sp³-hybridized carbons (Fsp3) is 0.483. The molecule has 0 radical (unpaired) electrons. The summed E-state index contributed by atoms with van der Waals surface area (Å²) in [6.07, 6.45) is 7.50. The number of pyridine rings is 1. The van der Waals surface area contributed by atoms with Crippen LogP contribution in [-0.4, -0.2) is 67.2 Å². The van der Waals surface area contributed by atoms with Gasteiger partial charge in [0.2, 0.25) is 5.95 Å². The first-order valence-electron chi connectivity index (χ1n) is 13.8. The molecule has 3 aromatic rings. The lowest BCUT2D eigenvalue weighted by atomic mass is 9.73. The lowest BCUT2D eigenvalue weighted by Gasteiger charge is -2.33. The standard InChI is InChI=1S/C29H38F2N8O/c1-19-8-9-22-26(34-19)29(11-6-5-7-12-29)18-39(22)25-10-13-33-28(36-25)35-21-16-20(32)23(17-24(21)40-27(30)31)38(4)15-14-37(2)3/h8-10,13,16-17,27H,5-7,11-12,14-15,18,32H2,1-4H3,(H,33,35,36). The van der Waals surface area contributed by atoms with E-state index in [4.69, 9.17) is 20.4 Å². The van der Waals surface area contributed by atoms with Crippen LogP contribution in [0.2, 0.25) is 0 Å². The van der Waals surface area contributed by atoms with Gasteiger partial charge >= 0.3 is 6.61 Å². The Morgan fingerprint density at radius 2 is 1.85 bits per heavy atom. The normalized spacial score (nSPS) is 16.1. The van der Waals surface area contributed by atoms with Gasteiger partial charge in [-0.05, 0) is 58.1 Å². The van der Waals surface area contributed by atoms with Crippen LogP contribution in [0.3, 0.4) is 0 Å². The van der Waals surface area contributed by atoms with Crippen molar-refractivity contribution in [3.05, 3.63) is 47.9 Å². The second-order valence-corrected chi connectivity index (χ2v) is 11.1. The largest absolute Gasteiger partial charge is 0.433 e. The highest BCUT2D eigenvalue weighted by Crippen LogP contribution is 2.50. The maximum Gasteiger partial charge on any atom is 0.387 e. The number of ether oxygens (including phenoxy) is 1. The third-order valence-corrected chi connectivity index (χ3v) is 7.88. The lowest BCUT2D eigenvalue weighted by molar-refractivity contribution is -0.0493. The molecule has 11 heteroatoms. The molecular weight excluding hydrogens is 514 g/mol. The van der Waals surface area contributed by atoms with E-state index in [1.807, 2.05) is 50.0 Å². The fourth-order valence-corrected chi connectivity index (χ4v) is 5.81. The minimum Gasteiger partial charge on any atom is -0.433 e. The minimum atomic E-state index is -3.00. The molecule has 2 aromatic heterocycles. The van der Waals surface area contributed by atoms with Gasteiger partial charge in [0.1, 0.15) is 5.82 Å². The van der Waals surface area contributed by atoms with E-state index in [9.17, 15) is 8.78 Å². The van der Waals surface area contributed by atoms with Crippen LogP contribution in [0.5, 0.6) is 5.75 Å². The van der Waals surface area contributed by atoms with Crippen molar-refractivity contribution < 1.29 is 13.5 Å². The van der Waals surface area contributed by atoms with Gasteiger partial charge in [0.25, 0.3) is 0 Å². The summed E-state index contributed by atoms with van der Waals surface area (Å²) < 4.78 is 31.7. The van der Waals surface area contributed by atoms with Crippen molar-refractivity contribution in [2.45, 2.75) is 51.1 Å². The van der Waals surface area contributed by atoms with Crippen LogP contribution < -0.4 is 25.6 Å². The lowest BCUT2D eigenvalue weighted by Crippen LogP contribution is -2.34. The van der Waals surface area contributed by atoms with Gasteiger partial charge in [-0.15, -0.1) is 0 Å². The third-order valence-electron chi connectivity index (χ3n) is 7.88. The Morgan fingerprint density at radius 1 is 1.07 bits per heavy atom. The average molecular weight is 553 g/mol. The third kappa shape index (κ3) is 5.74. The summed E-state index contributed by atoms with van der Waals surface area (Å²) in [5.41, 5.74) is 10.9. The van der Waals surface area contributed by atoms with Gasteiger partial charge in [0, 0.05) is 50.1 Å². The van der Waals surface area contributed by atoms with Gasteiger partial charge in [-0.25, -0.2) is 4.98 Å². The van der Waals surface area contributed by atoms with Gasteiger partial charge in [-0.2, -0.15) is 13.8 Å². The topological polar surface area (TPSA) is 95.7 Å². The molecule has 1 spiro atoms. The van der Waals surface area contributed by atoms with E-state index in [0.717, 1.165) is 48.8 Å². The zero-order valence-electron chi connectivity index (χ0n) is 23.6. The summed E-state index contributed by atoms with van der Waals surface area (Å²) in [6, 6.07) is 9.13. The van der Waals surface area contributed by atoms with Gasteiger partial charge in [-0.3, -0.25) is 4.98 Å². The van der Waals surface area contributed by atoms with Gasteiger partial charge in [0.05, 0.1) is 28.4 Å². The SMILES string of the molecule is Cc1ccc2c(n1)C1(CCCCC1)CN2c1ccnc(Nc2cc(N)c(N(C)CCN(C)C)cc2OC(F)F)n1. The number of alkyl halides is 2. The quantitative estimate of drug-likeness (QED) is 0.336. The summed E-state index contributed by atoms with van der Waals surface area (Å²) in [5, 5.41) is 3.07. The van der Waals surface area contributed by atoms with Crippen molar-refractivity contribution >= 4 is 34.5 Å². The molecule has 9 nitrogen and oxygen atoms in total. The first kappa shape index (κ1) is 27.8. The number of hydrogen-bond donors (Lipinski definition) is 2. The molecule has 5 rings (SSSR count). The smallest absolute Gasteiger partial charge is 0.387 e. The molecule has 1 aromatic carbocycles. The van der Waals surface area contributed by atoms with Crippen LogP contribution in [0.1, 0.15) is 43.5 Å². The van der Waals surface area contributed by atoms with Crippen LogP contribution in [-0.2, 0) is 5.41 Å². The Labute approximate surface area is 234 Å². The fourth-order valence-electron chi connectivity index (χ4n) is 5.81. The van der Waals surface area contributed by atoms with E-state index in [1.165, 1.54) is 25.3 Å². The molecule has 1 aliphatic carbocycles. The van der Waals surface area contributed by atoms with Crippen molar-refractivity contribution in [2.75, 3.05) is 61.6 Å². The van der Waals surface area contributed by atoms with E-state index in [2.05, 4.69) is 21.3 Å². The van der Waals surface area contributed by atoms with Crippen molar-refractivity contribution in [1.29, 1.82) is 0 Å². The maximum atomic E-state index is 13.4. The van der Waals surface area contributed by atoms with E-state index < -0.39 is 6.61 Å². The van der Waals surface area contributed by atoms with Gasteiger partial charge in [0.15, 0.2) is 5.75 Å². The highest BCUT2D eigenvalue weighted by Gasteiger charge is 2.45. The molecule has 40 heavy (non-hydrogen) atoms. The van der Waals surface area contributed by atoms with E-state index >= 15 is 0 Å². The molecule has 1 aliphatic heterocycles. The number of rotatable bonds is 9. The number of aromatic nitrogens is 3. The molecule has 3 N–H and O–H groups in total. The van der Waals surface area contributed by atoms with Crippen LogP contribution in [0.4, 0.5) is 43.3 Å². The highest BCUT2D eigenvalue weighted by molar-refractivity contribution is 5.79. The Balaban J connectivity index is 1.44. The van der Waals surface area contributed by atoms with Crippen LogP contribution in [0.15, 0.2) is 36.5 Å². The first-order valence-corrected chi connectivity index (χ1v) is 13.8. The minimum absolute atomic E-state index is 0.0132. The predicted molar refractivity (Wildman–Crippen MR) is 155 cm³/mol. The van der Waals surface area contributed by atoms with Crippen molar-refractivity contribution in [3.63, 3.8) is 0 Å². The summed E-state index contributed by atoms with van der Waals surface area (Å²) >= 11 is 0. The summed E-state index contributed by atoms with van der Waals surface area (Å²) in [6.45, 7) is 1.27. The number of benzene rings is 1. The number of likely N-dealkylation sites (N-methyl/N-ethyl adjacent to an activating group) is 2. The maximum absolute atomic E-state index is 13.4. The summed E-state index contributed by atoms with van der Waals surface area (Å²) in [5.74, 6) is 0.949. The second-order valence-electron chi connectivity index (χ2n) is 11.1. The van der Waals surface area contributed by atoms with E-state index in [1.54, 1.807) is 12.3 Å². The molecule has 1 fully saturated rings. The molecule has 2 aliphatic rings. The van der Waals surface area contributed by atoms with E-state index in [0.29, 0.717) is 17.9 Å². The molecule has 1 saturated carbocycles. The van der Waals surface area contributed by atoms with Crippen LogP contribution >= 0.6 is 0 Å².